The van der Waals surface area contributed by atoms with E-state index in [0.29, 0.717) is 13.2 Å². The summed E-state index contributed by atoms with van der Waals surface area (Å²) in [4.78, 5) is 11.7. The molecule has 2 aliphatic rings. The average molecular weight is 230 g/mol. The van der Waals surface area contributed by atoms with E-state index in [0.717, 1.165) is 31.1 Å². The number of nitrogens with one attached hydrogen (secondary N) is 2. The third-order valence-electron chi connectivity index (χ3n) is 2.82. The molecule has 0 bridgehead atoms. The van der Waals surface area contributed by atoms with Crippen LogP contribution in [0.1, 0.15) is 6.42 Å². The predicted molar refractivity (Wildman–Crippen MR) is 61.1 cm³/mol. The second-order valence-electron chi connectivity index (χ2n) is 4.03. The molecule has 15 heavy (non-hydrogen) atoms. The quantitative estimate of drug-likeness (QED) is 0.707. The van der Waals surface area contributed by atoms with Crippen molar-refractivity contribution in [2.75, 3.05) is 37.8 Å². The molecular formula is C10H18N2O2S. The number of hydrogen-bond donors (Lipinski definition) is 2. The first-order valence-electron chi connectivity index (χ1n) is 5.53. The number of ether oxygens (including phenoxy) is 1. The van der Waals surface area contributed by atoms with Gasteiger partial charge in [-0.05, 0) is 12.2 Å². The van der Waals surface area contributed by atoms with Gasteiger partial charge in [-0.15, -0.1) is 0 Å². The Morgan fingerprint density at radius 2 is 2.53 bits per heavy atom. The SMILES string of the molecule is O=C(NCC1COCCN1)C1CCSC1. The van der Waals surface area contributed by atoms with Crippen molar-refractivity contribution >= 4 is 17.7 Å². The van der Waals surface area contributed by atoms with Gasteiger partial charge in [-0.25, -0.2) is 0 Å². The van der Waals surface area contributed by atoms with Gasteiger partial charge in [0.15, 0.2) is 0 Å². The molecule has 1 amide bonds. The molecule has 2 saturated heterocycles. The lowest BCUT2D eigenvalue weighted by Gasteiger charge is -2.24. The largest absolute Gasteiger partial charge is 0.378 e. The number of amides is 1. The second kappa shape index (κ2) is 5.72. The van der Waals surface area contributed by atoms with E-state index in [1.165, 1.54) is 0 Å². The Bertz CT molecular complexity index is 213. The molecule has 2 N–H and O–H groups in total. The number of rotatable bonds is 3. The molecule has 0 aromatic heterocycles. The Morgan fingerprint density at radius 1 is 1.60 bits per heavy atom. The fourth-order valence-corrected chi connectivity index (χ4v) is 3.08. The molecule has 0 radical (unpaired) electrons. The molecule has 0 aliphatic carbocycles. The summed E-state index contributed by atoms with van der Waals surface area (Å²) in [6.07, 6.45) is 1.03. The molecule has 2 unspecified atom stereocenters. The van der Waals surface area contributed by atoms with E-state index in [9.17, 15) is 4.79 Å². The second-order valence-corrected chi connectivity index (χ2v) is 5.18. The smallest absolute Gasteiger partial charge is 0.224 e. The van der Waals surface area contributed by atoms with Crippen LogP contribution >= 0.6 is 11.8 Å². The van der Waals surface area contributed by atoms with Crippen LogP contribution in [0.3, 0.4) is 0 Å². The summed E-state index contributed by atoms with van der Waals surface area (Å²) < 4.78 is 5.32. The fraction of sp³-hybridized carbons (Fsp3) is 0.900. The van der Waals surface area contributed by atoms with Gasteiger partial charge < -0.3 is 15.4 Å². The van der Waals surface area contributed by atoms with Crippen LogP contribution in [0.5, 0.6) is 0 Å². The molecule has 2 heterocycles. The third kappa shape index (κ3) is 3.36. The van der Waals surface area contributed by atoms with Crippen LogP contribution in [-0.2, 0) is 9.53 Å². The normalized spacial score (nSPS) is 31.5. The minimum atomic E-state index is 0.215. The molecular weight excluding hydrogens is 212 g/mol. The van der Waals surface area contributed by atoms with Gasteiger partial charge in [0.1, 0.15) is 0 Å². The monoisotopic (exact) mass is 230 g/mol. The Kier molecular flexibility index (Phi) is 4.29. The van der Waals surface area contributed by atoms with Crippen molar-refractivity contribution in [3.05, 3.63) is 0 Å². The van der Waals surface area contributed by atoms with E-state index in [-0.39, 0.29) is 17.9 Å². The van der Waals surface area contributed by atoms with Crippen LogP contribution in [0.15, 0.2) is 0 Å². The summed E-state index contributed by atoms with van der Waals surface area (Å²) in [5, 5.41) is 6.32. The standard InChI is InChI=1S/C10H18N2O2S/c13-10(8-1-4-15-7-8)12-5-9-6-14-3-2-11-9/h8-9,11H,1-7H2,(H,12,13). The van der Waals surface area contributed by atoms with Crippen LogP contribution in [0.4, 0.5) is 0 Å². The van der Waals surface area contributed by atoms with E-state index in [2.05, 4.69) is 10.6 Å². The van der Waals surface area contributed by atoms with Crippen molar-refractivity contribution < 1.29 is 9.53 Å². The molecule has 0 aromatic carbocycles. The molecule has 0 saturated carbocycles. The maximum atomic E-state index is 11.7. The van der Waals surface area contributed by atoms with E-state index in [1.807, 2.05) is 11.8 Å². The summed E-state index contributed by atoms with van der Waals surface area (Å²) in [6.45, 7) is 3.07. The molecule has 86 valence electrons. The van der Waals surface area contributed by atoms with Crippen LogP contribution < -0.4 is 10.6 Å². The first-order valence-corrected chi connectivity index (χ1v) is 6.68. The lowest BCUT2D eigenvalue weighted by atomic mass is 10.1. The summed E-state index contributed by atoms with van der Waals surface area (Å²) in [5.74, 6) is 2.57. The molecule has 0 aromatic rings. The molecule has 4 nitrogen and oxygen atoms in total. The summed E-state index contributed by atoms with van der Waals surface area (Å²) in [6, 6.07) is 0.289. The molecule has 2 rings (SSSR count). The van der Waals surface area contributed by atoms with Crippen LogP contribution in [0, 0.1) is 5.92 Å². The first kappa shape index (κ1) is 11.2. The zero-order chi connectivity index (χ0) is 10.5. The minimum Gasteiger partial charge on any atom is -0.378 e. The van der Waals surface area contributed by atoms with Crippen molar-refractivity contribution in [1.29, 1.82) is 0 Å². The number of carbonyl (C=O) groups excluding carboxylic acids is 1. The third-order valence-corrected chi connectivity index (χ3v) is 3.98. The maximum Gasteiger partial charge on any atom is 0.224 e. The Balaban J connectivity index is 1.65. The zero-order valence-electron chi connectivity index (χ0n) is 8.83. The van der Waals surface area contributed by atoms with Gasteiger partial charge in [-0.1, -0.05) is 0 Å². The highest BCUT2D eigenvalue weighted by Gasteiger charge is 2.23. The lowest BCUT2D eigenvalue weighted by Crippen LogP contribution is -2.49. The van der Waals surface area contributed by atoms with Gasteiger partial charge in [0.25, 0.3) is 0 Å². The van der Waals surface area contributed by atoms with Gasteiger partial charge >= 0.3 is 0 Å². The topological polar surface area (TPSA) is 50.4 Å². The van der Waals surface area contributed by atoms with Crippen LogP contribution in [0.2, 0.25) is 0 Å². The molecule has 2 aliphatic heterocycles. The van der Waals surface area contributed by atoms with Gasteiger partial charge in [0, 0.05) is 30.8 Å². The van der Waals surface area contributed by atoms with Crippen molar-refractivity contribution in [2.45, 2.75) is 12.5 Å². The first-order chi connectivity index (χ1) is 7.36. The van der Waals surface area contributed by atoms with Crippen LogP contribution in [0.25, 0.3) is 0 Å². The van der Waals surface area contributed by atoms with Gasteiger partial charge in [-0.2, -0.15) is 11.8 Å². The number of morpholine rings is 1. The summed E-state index contributed by atoms with van der Waals surface area (Å²) >= 11 is 1.87. The van der Waals surface area contributed by atoms with Crippen molar-refractivity contribution in [2.24, 2.45) is 5.92 Å². The Hall–Kier alpha value is -0.260. The van der Waals surface area contributed by atoms with Crippen molar-refractivity contribution in [1.82, 2.24) is 10.6 Å². The average Bonchev–Trinajstić information content (AvgIpc) is 2.81. The van der Waals surface area contributed by atoms with E-state index >= 15 is 0 Å². The predicted octanol–water partition coefficient (Wildman–Crippen LogP) is -0.156. The summed E-state index contributed by atoms with van der Waals surface area (Å²) in [5.41, 5.74) is 0. The van der Waals surface area contributed by atoms with Crippen LogP contribution in [-0.4, -0.2) is 49.8 Å². The van der Waals surface area contributed by atoms with E-state index < -0.39 is 0 Å². The minimum absolute atomic E-state index is 0.215. The molecule has 5 heteroatoms. The summed E-state index contributed by atoms with van der Waals surface area (Å²) in [7, 11) is 0. The Labute approximate surface area is 94.5 Å². The van der Waals surface area contributed by atoms with Gasteiger partial charge in [0.05, 0.1) is 13.2 Å². The van der Waals surface area contributed by atoms with E-state index in [4.69, 9.17) is 4.74 Å². The highest BCUT2D eigenvalue weighted by Crippen LogP contribution is 2.23. The highest BCUT2D eigenvalue weighted by atomic mass is 32.2. The Morgan fingerprint density at radius 3 is 3.20 bits per heavy atom. The van der Waals surface area contributed by atoms with Gasteiger partial charge in [-0.3, -0.25) is 4.79 Å². The van der Waals surface area contributed by atoms with E-state index in [1.54, 1.807) is 0 Å². The highest BCUT2D eigenvalue weighted by molar-refractivity contribution is 7.99. The zero-order valence-corrected chi connectivity index (χ0v) is 9.65. The van der Waals surface area contributed by atoms with Crippen molar-refractivity contribution in [3.63, 3.8) is 0 Å². The fourth-order valence-electron chi connectivity index (χ4n) is 1.86. The molecule has 2 atom stereocenters. The van der Waals surface area contributed by atoms with Crippen molar-refractivity contribution in [3.8, 4) is 0 Å². The number of hydrogen-bond acceptors (Lipinski definition) is 4. The maximum absolute atomic E-state index is 11.7. The number of carbonyl (C=O) groups is 1. The number of thioether (sulfide) groups is 1. The molecule has 2 fully saturated rings. The van der Waals surface area contributed by atoms with Gasteiger partial charge in [0.2, 0.25) is 5.91 Å². The molecule has 0 spiro atoms. The lowest BCUT2D eigenvalue weighted by molar-refractivity contribution is -0.124.